The predicted octanol–water partition coefficient (Wildman–Crippen LogP) is 5.40. The van der Waals surface area contributed by atoms with Gasteiger partial charge in [0.05, 0.1) is 38.4 Å². The van der Waals surface area contributed by atoms with Crippen molar-refractivity contribution in [2.75, 3.05) is 19.7 Å². The first-order valence-electron chi connectivity index (χ1n) is 18.2. The van der Waals surface area contributed by atoms with Crippen LogP contribution in [0, 0.1) is 0 Å². The van der Waals surface area contributed by atoms with Gasteiger partial charge in [-0.05, 0) is 58.8 Å². The van der Waals surface area contributed by atoms with E-state index in [1.165, 1.54) is 4.90 Å². The number of ether oxygens (including phenoxy) is 3. The molecule has 5 unspecified atom stereocenters. The van der Waals surface area contributed by atoms with Crippen molar-refractivity contribution < 1.29 is 38.8 Å². The summed E-state index contributed by atoms with van der Waals surface area (Å²) >= 11 is 0. The molecule has 0 saturated carbocycles. The second kappa shape index (κ2) is 16.8. The van der Waals surface area contributed by atoms with Gasteiger partial charge in [0.15, 0.2) is 6.29 Å². The maximum absolute atomic E-state index is 13.2. The molecule has 11 heteroatoms. The zero-order valence-corrected chi connectivity index (χ0v) is 29.5. The molecule has 3 aliphatic rings. The number of benzene rings is 4. The fourth-order valence-corrected chi connectivity index (χ4v) is 7.37. The monoisotopic (exact) mass is 719 g/mol. The van der Waals surface area contributed by atoms with Crippen LogP contribution >= 0.6 is 0 Å². The number of imide groups is 1. The Balaban J connectivity index is 1.00. The molecule has 0 bridgehead atoms. The Hall–Kier alpha value is -4.91. The maximum Gasteiger partial charge on any atom is 0.408 e. The Morgan fingerprint density at radius 1 is 0.830 bits per heavy atom. The number of carbonyl (C=O) groups excluding carboxylic acids is 3. The van der Waals surface area contributed by atoms with Crippen molar-refractivity contribution in [3.63, 3.8) is 0 Å². The summed E-state index contributed by atoms with van der Waals surface area (Å²) in [7, 11) is 0. The predicted molar refractivity (Wildman–Crippen MR) is 196 cm³/mol. The first-order chi connectivity index (χ1) is 25.9. The molecule has 3 saturated heterocycles. The van der Waals surface area contributed by atoms with Gasteiger partial charge in [0, 0.05) is 24.6 Å². The number of aliphatic hydroxyl groups excluding tert-OH is 2. The normalized spacial score (nSPS) is 23.4. The van der Waals surface area contributed by atoms with E-state index in [1.54, 1.807) is 0 Å². The molecule has 3 aliphatic heterocycles. The summed E-state index contributed by atoms with van der Waals surface area (Å²) in [4.78, 5) is 41.9. The van der Waals surface area contributed by atoms with Gasteiger partial charge in [0.25, 0.3) is 5.91 Å². The van der Waals surface area contributed by atoms with Crippen LogP contribution in [0.4, 0.5) is 4.79 Å². The standard InChI is InChI=1S/C42H45N3O8/c46-25-28-11-13-32(14-12-28)38-21-36(24-44-19-5-10-35(44)26-47)52-41(53-38)33-17-15-31(16-18-33)34-9-4-8-30(20-34)23-45-39(48)22-37(40(45)49)43-42(50)51-27-29-6-2-1-3-7-29/h1-4,6-9,11-18,20,35-38,41,46-47H,5,10,19,21-27H2,(H,43,50). The number of rotatable bonds is 12. The number of alkyl carbamates (subject to hydrolysis) is 1. The van der Waals surface area contributed by atoms with Crippen molar-refractivity contribution >= 4 is 17.9 Å². The molecule has 0 radical (unpaired) electrons. The summed E-state index contributed by atoms with van der Waals surface area (Å²) < 4.78 is 18.4. The fourth-order valence-electron chi connectivity index (χ4n) is 7.37. The SMILES string of the molecule is O=C(NC1CC(=O)N(Cc2cccc(-c3ccc(C4OC(CN5CCCC5CO)CC(c5ccc(CO)cc5)O4)cc3)c2)C1=O)OCc1ccccc1. The Morgan fingerprint density at radius 3 is 2.34 bits per heavy atom. The van der Waals surface area contributed by atoms with Crippen molar-refractivity contribution in [1.82, 2.24) is 15.1 Å². The Morgan fingerprint density at radius 2 is 1.58 bits per heavy atom. The highest BCUT2D eigenvalue weighted by Gasteiger charge is 2.40. The molecule has 5 atom stereocenters. The highest BCUT2D eigenvalue weighted by molar-refractivity contribution is 6.06. The topological polar surface area (TPSA) is 138 Å². The lowest BCUT2D eigenvalue weighted by Crippen LogP contribution is -2.42. The molecule has 3 N–H and O–H groups in total. The van der Waals surface area contributed by atoms with Crippen molar-refractivity contribution in [3.05, 3.63) is 131 Å². The maximum atomic E-state index is 13.2. The molecular formula is C42H45N3O8. The lowest BCUT2D eigenvalue weighted by molar-refractivity contribution is -0.253. The zero-order chi connectivity index (χ0) is 36.7. The minimum atomic E-state index is -0.976. The molecule has 276 valence electrons. The van der Waals surface area contributed by atoms with Crippen molar-refractivity contribution in [3.8, 4) is 11.1 Å². The van der Waals surface area contributed by atoms with Gasteiger partial charge >= 0.3 is 6.09 Å². The summed E-state index contributed by atoms with van der Waals surface area (Å²) in [5, 5.41) is 22.0. The fraction of sp³-hybridized carbons (Fsp3) is 0.357. The number of amides is 3. The minimum absolute atomic E-state index is 0.0205. The number of likely N-dealkylation sites (tertiary alicyclic amines) is 2. The molecular weight excluding hydrogens is 674 g/mol. The van der Waals surface area contributed by atoms with E-state index in [0.29, 0.717) is 13.0 Å². The van der Waals surface area contributed by atoms with E-state index in [1.807, 2.05) is 103 Å². The summed E-state index contributed by atoms with van der Waals surface area (Å²) in [5.74, 6) is -0.824. The molecule has 3 amide bonds. The van der Waals surface area contributed by atoms with E-state index in [9.17, 15) is 24.6 Å². The third kappa shape index (κ3) is 8.84. The molecule has 7 rings (SSSR count). The van der Waals surface area contributed by atoms with Crippen molar-refractivity contribution in [2.24, 2.45) is 0 Å². The van der Waals surface area contributed by atoms with E-state index in [-0.39, 0.29) is 56.9 Å². The first-order valence-corrected chi connectivity index (χ1v) is 18.2. The molecule has 53 heavy (non-hydrogen) atoms. The van der Waals surface area contributed by atoms with E-state index in [4.69, 9.17) is 14.2 Å². The second-order valence-corrected chi connectivity index (χ2v) is 13.9. The van der Waals surface area contributed by atoms with Crippen LogP contribution in [-0.4, -0.2) is 75.8 Å². The Bertz CT molecular complexity index is 1870. The molecule has 4 aromatic rings. The molecule has 11 nitrogen and oxygen atoms in total. The van der Waals surface area contributed by atoms with Crippen LogP contribution < -0.4 is 5.32 Å². The van der Waals surface area contributed by atoms with Crippen LogP contribution in [0.3, 0.4) is 0 Å². The van der Waals surface area contributed by atoms with Gasteiger partial charge in [-0.2, -0.15) is 0 Å². The highest BCUT2D eigenvalue weighted by atomic mass is 16.7. The molecule has 0 aliphatic carbocycles. The van der Waals surface area contributed by atoms with Crippen LogP contribution in [0.25, 0.3) is 11.1 Å². The molecule has 4 aromatic carbocycles. The van der Waals surface area contributed by atoms with Gasteiger partial charge in [0.2, 0.25) is 5.91 Å². The number of aliphatic hydroxyl groups is 2. The van der Waals surface area contributed by atoms with Gasteiger partial charge in [-0.25, -0.2) is 4.79 Å². The summed E-state index contributed by atoms with van der Waals surface area (Å²) in [5.41, 5.74) is 6.20. The molecule has 3 heterocycles. The smallest absolute Gasteiger partial charge is 0.408 e. The first kappa shape index (κ1) is 36.4. The number of nitrogens with one attached hydrogen (secondary N) is 1. The lowest BCUT2D eigenvalue weighted by Gasteiger charge is -2.38. The van der Waals surface area contributed by atoms with Gasteiger partial charge in [-0.3, -0.25) is 19.4 Å². The second-order valence-electron chi connectivity index (χ2n) is 13.9. The van der Waals surface area contributed by atoms with Gasteiger partial charge in [-0.15, -0.1) is 0 Å². The van der Waals surface area contributed by atoms with Crippen LogP contribution in [0.5, 0.6) is 0 Å². The zero-order valence-electron chi connectivity index (χ0n) is 29.5. The minimum Gasteiger partial charge on any atom is -0.445 e. The largest absolute Gasteiger partial charge is 0.445 e. The number of nitrogens with zero attached hydrogens (tertiary/aromatic N) is 2. The van der Waals surface area contributed by atoms with E-state index < -0.39 is 24.3 Å². The van der Waals surface area contributed by atoms with Crippen LogP contribution in [0.15, 0.2) is 103 Å². The average molecular weight is 720 g/mol. The van der Waals surface area contributed by atoms with E-state index in [2.05, 4.69) is 10.2 Å². The summed E-state index contributed by atoms with van der Waals surface area (Å²) in [6, 6.07) is 31.9. The van der Waals surface area contributed by atoms with Crippen molar-refractivity contribution in [1.29, 1.82) is 0 Å². The van der Waals surface area contributed by atoms with E-state index in [0.717, 1.165) is 58.3 Å². The van der Waals surface area contributed by atoms with Crippen LogP contribution in [-0.2, 0) is 43.6 Å². The van der Waals surface area contributed by atoms with Crippen LogP contribution in [0.1, 0.15) is 65.9 Å². The van der Waals surface area contributed by atoms with Gasteiger partial charge in [-0.1, -0.05) is 97.1 Å². The third-order valence-electron chi connectivity index (χ3n) is 10.3. The Labute approximate surface area is 309 Å². The summed E-state index contributed by atoms with van der Waals surface area (Å²) in [6.07, 6.45) is 0.923. The average Bonchev–Trinajstić information content (AvgIpc) is 3.76. The van der Waals surface area contributed by atoms with Gasteiger partial charge < -0.3 is 29.7 Å². The Kier molecular flexibility index (Phi) is 11.6. The number of carbonyl (C=O) groups is 3. The summed E-state index contributed by atoms with van der Waals surface area (Å²) in [6.45, 7) is 1.90. The molecule has 0 spiro atoms. The molecule has 3 fully saturated rings. The highest BCUT2D eigenvalue weighted by Crippen LogP contribution is 2.39. The molecule has 0 aromatic heterocycles. The number of hydrogen-bond acceptors (Lipinski definition) is 9. The number of hydrogen-bond donors (Lipinski definition) is 3. The van der Waals surface area contributed by atoms with Crippen molar-refractivity contribution in [2.45, 2.75) is 76.0 Å². The quantitative estimate of drug-likeness (QED) is 0.164. The van der Waals surface area contributed by atoms with Crippen LogP contribution in [0.2, 0.25) is 0 Å². The van der Waals surface area contributed by atoms with Gasteiger partial charge in [0.1, 0.15) is 12.6 Å². The third-order valence-corrected chi connectivity index (χ3v) is 10.3. The lowest BCUT2D eigenvalue weighted by atomic mass is 9.98. The van der Waals surface area contributed by atoms with E-state index >= 15 is 0 Å².